The molecular formula is C16H25N3O2. The highest BCUT2D eigenvalue weighted by Crippen LogP contribution is 2.35. The molecule has 0 unspecified atom stereocenters. The van der Waals surface area contributed by atoms with Gasteiger partial charge in [0, 0.05) is 43.3 Å². The number of amides is 1. The third-order valence-electron chi connectivity index (χ3n) is 5.01. The van der Waals surface area contributed by atoms with E-state index in [0.717, 1.165) is 52.0 Å². The molecule has 0 saturated carbocycles. The Morgan fingerprint density at radius 2 is 2.24 bits per heavy atom. The highest BCUT2D eigenvalue weighted by Gasteiger charge is 2.38. The number of piperidine rings is 1. The van der Waals surface area contributed by atoms with Crippen molar-refractivity contribution in [2.75, 3.05) is 26.3 Å². The first-order chi connectivity index (χ1) is 10.1. The van der Waals surface area contributed by atoms with Crippen LogP contribution in [0.3, 0.4) is 0 Å². The number of likely N-dealkylation sites (tertiary alicyclic amines) is 1. The molecule has 0 spiro atoms. The average molecular weight is 291 g/mol. The average Bonchev–Trinajstić information content (AvgIpc) is 2.94. The second-order valence-electron chi connectivity index (χ2n) is 6.74. The summed E-state index contributed by atoms with van der Waals surface area (Å²) in [6.07, 6.45) is 5.78. The van der Waals surface area contributed by atoms with Gasteiger partial charge >= 0.3 is 0 Å². The molecule has 1 aromatic heterocycles. The lowest BCUT2D eigenvalue weighted by molar-refractivity contribution is -0.140. The predicted molar refractivity (Wildman–Crippen MR) is 80.0 cm³/mol. The summed E-state index contributed by atoms with van der Waals surface area (Å²) >= 11 is 0. The van der Waals surface area contributed by atoms with Crippen LogP contribution in [-0.2, 0) is 14.9 Å². The Kier molecular flexibility index (Phi) is 4.02. The third-order valence-corrected chi connectivity index (χ3v) is 5.01. The van der Waals surface area contributed by atoms with Crippen LogP contribution in [0.25, 0.3) is 0 Å². The summed E-state index contributed by atoms with van der Waals surface area (Å²) < 4.78 is 5.37. The quantitative estimate of drug-likeness (QED) is 0.907. The van der Waals surface area contributed by atoms with Crippen LogP contribution in [0.2, 0.25) is 0 Å². The van der Waals surface area contributed by atoms with Gasteiger partial charge in [-0.3, -0.25) is 9.89 Å². The van der Waals surface area contributed by atoms with Gasteiger partial charge in [0.25, 0.3) is 0 Å². The van der Waals surface area contributed by atoms with Crippen molar-refractivity contribution in [2.45, 2.75) is 44.9 Å². The number of nitrogens with zero attached hydrogens (tertiary/aromatic N) is 2. The molecule has 2 saturated heterocycles. The molecule has 3 heterocycles. The van der Waals surface area contributed by atoms with Crippen molar-refractivity contribution >= 4 is 5.91 Å². The van der Waals surface area contributed by atoms with Gasteiger partial charge in [0.1, 0.15) is 0 Å². The van der Waals surface area contributed by atoms with Crippen LogP contribution in [0.5, 0.6) is 0 Å². The molecule has 5 nitrogen and oxygen atoms in total. The lowest BCUT2D eigenvalue weighted by Crippen LogP contribution is -2.50. The predicted octanol–water partition coefficient (Wildman–Crippen LogP) is 2.02. The van der Waals surface area contributed by atoms with Crippen molar-refractivity contribution in [1.82, 2.24) is 15.1 Å². The van der Waals surface area contributed by atoms with E-state index in [4.69, 9.17) is 4.74 Å². The largest absolute Gasteiger partial charge is 0.381 e. The zero-order chi connectivity index (χ0) is 14.9. The number of H-pyrrole nitrogens is 1. The monoisotopic (exact) mass is 291 g/mol. The molecule has 1 atom stereocenters. The van der Waals surface area contributed by atoms with Gasteiger partial charge in [-0.15, -0.1) is 0 Å². The van der Waals surface area contributed by atoms with Crippen LogP contribution in [0.4, 0.5) is 0 Å². The molecule has 2 aliphatic rings. The molecule has 116 valence electrons. The van der Waals surface area contributed by atoms with Crippen molar-refractivity contribution in [2.24, 2.45) is 5.92 Å². The van der Waals surface area contributed by atoms with E-state index in [1.165, 1.54) is 11.3 Å². The highest BCUT2D eigenvalue weighted by molar-refractivity contribution is 5.79. The van der Waals surface area contributed by atoms with E-state index in [1.807, 2.05) is 6.20 Å². The second kappa shape index (κ2) is 5.79. The fourth-order valence-corrected chi connectivity index (χ4v) is 3.79. The number of hydrogen-bond donors (Lipinski definition) is 1. The van der Waals surface area contributed by atoms with E-state index in [1.54, 1.807) is 0 Å². The normalized spacial score (nSPS) is 27.8. The number of carbonyl (C=O) groups is 1. The van der Waals surface area contributed by atoms with Crippen molar-refractivity contribution in [3.05, 3.63) is 17.5 Å². The van der Waals surface area contributed by atoms with Crippen LogP contribution in [0.1, 0.15) is 43.9 Å². The van der Waals surface area contributed by atoms with Gasteiger partial charge in [-0.2, -0.15) is 5.10 Å². The maximum absolute atomic E-state index is 12.7. The molecule has 2 aliphatic heterocycles. The van der Waals surface area contributed by atoms with Gasteiger partial charge in [0.15, 0.2) is 0 Å². The van der Waals surface area contributed by atoms with E-state index in [-0.39, 0.29) is 11.3 Å². The van der Waals surface area contributed by atoms with Gasteiger partial charge in [-0.05, 0) is 38.2 Å². The molecule has 1 amide bonds. The van der Waals surface area contributed by atoms with Gasteiger partial charge in [0.05, 0.1) is 6.20 Å². The maximum Gasteiger partial charge on any atom is 0.225 e. The molecule has 0 aromatic carbocycles. The number of nitrogens with one attached hydrogen (secondary N) is 1. The van der Waals surface area contributed by atoms with E-state index in [2.05, 4.69) is 28.9 Å². The molecule has 2 fully saturated rings. The number of aromatic amines is 1. The van der Waals surface area contributed by atoms with Crippen LogP contribution >= 0.6 is 0 Å². The summed E-state index contributed by atoms with van der Waals surface area (Å²) in [5, 5.41) is 7.30. The number of ether oxygens (including phenoxy) is 1. The summed E-state index contributed by atoms with van der Waals surface area (Å²) in [6.45, 7) is 7.47. The Morgan fingerprint density at radius 3 is 2.90 bits per heavy atom. The van der Waals surface area contributed by atoms with Crippen molar-refractivity contribution in [3.63, 3.8) is 0 Å². The SMILES string of the molecule is Cc1cn[nH]c1[C@@]1(C)CCCN(C(=O)C2CCOCC2)C1. The molecule has 1 aromatic rings. The molecular weight excluding hydrogens is 266 g/mol. The Bertz CT molecular complexity index is 507. The van der Waals surface area contributed by atoms with Crippen molar-refractivity contribution in [3.8, 4) is 0 Å². The van der Waals surface area contributed by atoms with E-state index in [0.29, 0.717) is 5.91 Å². The Balaban J connectivity index is 1.73. The van der Waals surface area contributed by atoms with Crippen LogP contribution in [-0.4, -0.2) is 47.3 Å². The molecule has 0 bridgehead atoms. The van der Waals surface area contributed by atoms with Gasteiger partial charge in [-0.1, -0.05) is 6.92 Å². The lowest BCUT2D eigenvalue weighted by Gasteiger charge is -2.42. The number of rotatable bonds is 2. The van der Waals surface area contributed by atoms with E-state index < -0.39 is 0 Å². The van der Waals surface area contributed by atoms with Gasteiger partial charge in [-0.25, -0.2) is 0 Å². The molecule has 21 heavy (non-hydrogen) atoms. The summed E-state index contributed by atoms with van der Waals surface area (Å²) in [4.78, 5) is 14.8. The highest BCUT2D eigenvalue weighted by atomic mass is 16.5. The molecule has 0 aliphatic carbocycles. The standard InChI is InChI=1S/C16H25N3O2/c1-12-10-17-18-14(12)16(2)6-3-7-19(11-16)15(20)13-4-8-21-9-5-13/h10,13H,3-9,11H2,1-2H3,(H,17,18)/t16-/m0/s1. The lowest BCUT2D eigenvalue weighted by atomic mass is 9.77. The molecule has 3 rings (SSSR count). The van der Waals surface area contributed by atoms with Crippen LogP contribution < -0.4 is 0 Å². The smallest absolute Gasteiger partial charge is 0.225 e. The fourth-order valence-electron chi connectivity index (χ4n) is 3.79. The van der Waals surface area contributed by atoms with Gasteiger partial charge < -0.3 is 9.64 Å². The number of carbonyl (C=O) groups excluding carboxylic acids is 1. The Morgan fingerprint density at radius 1 is 1.48 bits per heavy atom. The maximum atomic E-state index is 12.7. The first-order valence-corrected chi connectivity index (χ1v) is 7.97. The second-order valence-corrected chi connectivity index (χ2v) is 6.74. The van der Waals surface area contributed by atoms with Crippen LogP contribution in [0.15, 0.2) is 6.20 Å². The summed E-state index contributed by atoms with van der Waals surface area (Å²) in [5.74, 6) is 0.477. The topological polar surface area (TPSA) is 58.2 Å². The summed E-state index contributed by atoms with van der Waals surface area (Å²) in [7, 11) is 0. The number of aryl methyl sites for hydroxylation is 1. The number of aromatic nitrogens is 2. The Labute approximate surface area is 126 Å². The first-order valence-electron chi connectivity index (χ1n) is 7.97. The Hall–Kier alpha value is -1.36. The molecule has 0 radical (unpaired) electrons. The van der Waals surface area contributed by atoms with Gasteiger partial charge in [0.2, 0.25) is 5.91 Å². The summed E-state index contributed by atoms with van der Waals surface area (Å²) in [5.41, 5.74) is 2.38. The third kappa shape index (κ3) is 2.84. The minimum Gasteiger partial charge on any atom is -0.381 e. The number of hydrogen-bond acceptors (Lipinski definition) is 3. The van der Waals surface area contributed by atoms with Crippen molar-refractivity contribution < 1.29 is 9.53 Å². The summed E-state index contributed by atoms with van der Waals surface area (Å²) in [6, 6.07) is 0. The van der Waals surface area contributed by atoms with Crippen LogP contribution in [0, 0.1) is 12.8 Å². The zero-order valence-electron chi connectivity index (χ0n) is 13.0. The zero-order valence-corrected chi connectivity index (χ0v) is 13.0. The van der Waals surface area contributed by atoms with Crippen molar-refractivity contribution in [1.29, 1.82) is 0 Å². The molecule has 5 heteroatoms. The van der Waals surface area contributed by atoms with E-state index in [9.17, 15) is 4.79 Å². The van der Waals surface area contributed by atoms with E-state index >= 15 is 0 Å². The molecule has 1 N–H and O–H groups in total. The minimum absolute atomic E-state index is 0.000337. The fraction of sp³-hybridized carbons (Fsp3) is 0.750. The first kappa shape index (κ1) is 14.6. The minimum atomic E-state index is -0.000337.